The van der Waals surface area contributed by atoms with Crippen molar-refractivity contribution in [2.75, 3.05) is 0 Å². The summed E-state index contributed by atoms with van der Waals surface area (Å²) in [5.74, 6) is 0. The molecule has 79 heavy (non-hydrogen) atoms. The lowest BCUT2D eigenvalue weighted by Crippen LogP contribution is -2.31. The van der Waals surface area contributed by atoms with Crippen LogP contribution in [0.25, 0.3) is 56.3 Å². The highest BCUT2D eigenvalue weighted by atomic mass is 14.9. The van der Waals surface area contributed by atoms with Crippen LogP contribution in [0.5, 0.6) is 0 Å². The van der Waals surface area contributed by atoms with E-state index in [0.29, 0.717) is 78.8 Å². The van der Waals surface area contributed by atoms with Crippen molar-refractivity contribution in [3.63, 3.8) is 0 Å². The monoisotopic (exact) mass is 1080 g/mol. The Morgan fingerprint density at radius 2 is 0.709 bits per heavy atom. The average Bonchev–Trinajstić information content (AvgIpc) is 0.739. The van der Waals surface area contributed by atoms with Crippen LogP contribution in [-0.4, -0.2) is 0 Å². The lowest BCUT2D eigenvalue weighted by Gasteiger charge is -2.07. The van der Waals surface area contributed by atoms with Crippen LogP contribution in [0.1, 0.15) is 130 Å². The molecule has 0 aliphatic rings. The van der Waals surface area contributed by atoms with E-state index in [1.165, 1.54) is 64.2 Å². The molecule has 0 bridgehead atoms. The molecule has 0 amide bonds. The molecule has 0 spiro atoms. The van der Waals surface area contributed by atoms with Crippen molar-refractivity contribution in [1.29, 1.82) is 0 Å². The highest BCUT2D eigenvalue weighted by Gasteiger charge is 2.17. The lowest BCUT2D eigenvalue weighted by molar-refractivity contribution is -0.660. The first-order valence-corrected chi connectivity index (χ1v) is 24.6. The molecule has 0 saturated heterocycles. The molecule has 5 heterocycles. The van der Waals surface area contributed by atoms with E-state index >= 15 is 0 Å². The summed E-state index contributed by atoms with van der Waals surface area (Å²) in [7, 11) is 7.79. The second kappa shape index (κ2) is 27.4. The van der Waals surface area contributed by atoms with Gasteiger partial charge in [-0.15, -0.1) is 0 Å². The minimum absolute atomic E-state index is 0.0342. The summed E-state index contributed by atoms with van der Waals surface area (Å²) in [6.45, 7) is 1.97. The van der Waals surface area contributed by atoms with Crippen molar-refractivity contribution in [2.24, 2.45) is 35.2 Å². The van der Waals surface area contributed by atoms with Crippen molar-refractivity contribution in [3.8, 4) is 56.3 Å². The minimum atomic E-state index is -2.91. The summed E-state index contributed by atoms with van der Waals surface area (Å²) in [5.41, 5.74) is 6.13. The Balaban J connectivity index is 0.000000228. The van der Waals surface area contributed by atoms with Gasteiger partial charge in [-0.25, -0.2) is 22.8 Å². The molecule has 5 nitrogen and oxygen atoms in total. The molecule has 10 rings (SSSR count). The second-order valence-electron chi connectivity index (χ2n) is 18.5. The molecule has 0 fully saturated rings. The largest absolute Gasteiger partial charge is 0.212 e. The van der Waals surface area contributed by atoms with Gasteiger partial charge in [-0.1, -0.05) is 89.8 Å². The quantitative estimate of drug-likeness (QED) is 0.153. The summed E-state index contributed by atoms with van der Waals surface area (Å²) >= 11 is 0. The van der Waals surface area contributed by atoms with Crippen LogP contribution in [0.2, 0.25) is 0 Å². The van der Waals surface area contributed by atoms with Crippen molar-refractivity contribution in [1.82, 2.24) is 0 Å². The molecule has 5 aromatic heterocycles. The third-order valence-electron chi connectivity index (χ3n) is 12.1. The van der Waals surface area contributed by atoms with Gasteiger partial charge >= 0.3 is 0 Å². The van der Waals surface area contributed by atoms with E-state index in [4.69, 9.17) is 52.1 Å². The number of aromatic nitrogens is 5. The van der Waals surface area contributed by atoms with E-state index < -0.39 is 69.2 Å². The third-order valence-corrected chi connectivity index (χ3v) is 12.1. The summed E-state index contributed by atoms with van der Waals surface area (Å²) in [6, 6.07) is 8.11. The predicted molar refractivity (Wildman–Crippen MR) is 332 cm³/mol. The molecule has 10 aromatic rings. The number of nitrogens with zero attached hydrogens (tertiary/aromatic N) is 5. The molecular formula is C74H88N5+5. The molecular weight excluding hydrogens is 959 g/mol. The highest BCUT2D eigenvalue weighted by molar-refractivity contribution is 5.65. The fourth-order valence-electron chi connectivity index (χ4n) is 7.89. The molecule has 0 radical (unpaired) electrons. The maximum absolute atomic E-state index is 8.45. The maximum atomic E-state index is 8.45. The van der Waals surface area contributed by atoms with Gasteiger partial charge in [0.05, 0.1) is 24.7 Å². The normalized spacial score (nSPS) is 18.2. The number of rotatable bonds is 5. The van der Waals surface area contributed by atoms with Gasteiger partial charge in [0.2, 0.25) is 28.5 Å². The summed E-state index contributed by atoms with van der Waals surface area (Å²) in [5, 5.41) is 0. The van der Waals surface area contributed by atoms with Crippen molar-refractivity contribution >= 4 is 0 Å². The minimum Gasteiger partial charge on any atom is -0.201 e. The van der Waals surface area contributed by atoms with Gasteiger partial charge in [0, 0.05) is 107 Å². The summed E-state index contributed by atoms with van der Waals surface area (Å²) < 4.78 is 305. The van der Waals surface area contributed by atoms with Crippen LogP contribution in [0, 0.1) is 96.6 Å². The Labute approximate surface area is 528 Å². The Hall–Kier alpha value is -8.15. The van der Waals surface area contributed by atoms with Gasteiger partial charge in [0.15, 0.2) is 30.9 Å². The summed E-state index contributed by atoms with van der Waals surface area (Å²) in [4.78, 5) is 0. The van der Waals surface area contributed by atoms with Crippen LogP contribution < -0.4 is 22.8 Å². The van der Waals surface area contributed by atoms with Crippen LogP contribution >= 0.6 is 0 Å². The standard InChI is InChI=1S/C16H20N.2C15H18N.2C14H16N/c1-11-6-7-15(13(3)8-11)16-9-12(2)14(4)10-17(16)5;1-11-5-6-14(13(3)9-11)15-10-12(2)7-8-16(15)4;1-11-7-5-6-8-14(11)15-9-12(2)13(3)10-16(15)4;2*1-11-8-9-14(15(3)10-11)13-7-5-4-6-12(13)2/h6-10H,1-5H3;2*5-10H,1-4H3;2*4-10H,1-3H3/q5*+1/i1D3,2D3,4D3,9D,10D;1D3,2D3,7D,8D,10D;5D,6D,7D,8D,9D,10D;4D,5D,6D,7D,8D,9D,10D;4D,5D,6D,7D,10D. The van der Waals surface area contributed by atoms with E-state index in [2.05, 4.69) is 0 Å². The first kappa shape index (κ1) is 26.7. The smallest absolute Gasteiger partial charge is 0.201 e. The Morgan fingerprint density at radius 3 is 1.24 bits per heavy atom. The zero-order valence-electron chi connectivity index (χ0n) is 84.9. The van der Waals surface area contributed by atoms with Gasteiger partial charge in [-0.05, 0) is 183 Å². The molecule has 0 N–H and O–H groups in total. The van der Waals surface area contributed by atoms with Gasteiger partial charge in [0.25, 0.3) is 0 Å². The first-order chi connectivity index (χ1) is 53.2. The highest BCUT2D eigenvalue weighted by Crippen LogP contribution is 2.26. The van der Waals surface area contributed by atoms with E-state index in [0.717, 1.165) is 10.1 Å². The van der Waals surface area contributed by atoms with E-state index in [1.807, 2.05) is 6.92 Å². The van der Waals surface area contributed by atoms with Gasteiger partial charge in [-0.3, -0.25) is 0 Å². The molecule has 0 atom stereocenters. The maximum Gasteiger partial charge on any atom is 0.212 e. The predicted octanol–water partition coefficient (Wildman–Crippen LogP) is 15.2. The van der Waals surface area contributed by atoms with Crippen molar-refractivity contribution < 1.29 is 74.9 Å². The Kier molecular flexibility index (Phi) is 9.26. The van der Waals surface area contributed by atoms with E-state index in [1.54, 1.807) is 93.2 Å². The number of hydrogen-bond acceptors (Lipinski definition) is 0. The van der Waals surface area contributed by atoms with E-state index in [-0.39, 0.29) is 155 Å². The van der Waals surface area contributed by atoms with Gasteiger partial charge in [0.1, 0.15) is 42.1 Å². The topological polar surface area (TPSA) is 19.4 Å². The number of benzene rings is 5. The van der Waals surface area contributed by atoms with Gasteiger partial charge in [-0.2, -0.15) is 0 Å². The lowest BCUT2D eigenvalue weighted by atomic mass is 10.0. The Bertz CT molecular complexity index is 5240. The van der Waals surface area contributed by atoms with Crippen molar-refractivity contribution in [3.05, 3.63) is 266 Å². The molecule has 0 aliphatic heterocycles. The molecule has 404 valence electrons. The number of pyridine rings is 5. The fourth-order valence-corrected chi connectivity index (χ4v) is 7.89. The second-order valence-corrected chi connectivity index (χ2v) is 18.5. The zero-order valence-corrected chi connectivity index (χ0v) is 46.9. The SMILES string of the molecule is [2H]c1c(C([2H])([2H])[2H])c(C([2H])([2H])[2H])c([2H])[n+](C)c1-c1ccc(C([2H])([2H])[2H])cc1C.[2H]c1c(C([2H])([2H])[2H])c([2H])c(-c2ccc(C([2H])([2H])[2H])cc2C)[n+](C)c1[2H].[2H]c1c([2H])c([2H])c(-c2c([2H])c(C)c(C)c([2H])[n+]2C)c(C)c1[2H].[2H]c1c([2H])c([2H])c(-c2c([2H])c([2H])c(C)c([2H])[n+]2C)c(C)c1[2H].[2H]c1c([2H])c([2H])c(-c2ccc(C)c([2H])[n+]2C)c(C)c1[2H]. The first-order valence-electron chi connectivity index (χ1n) is 43.6. The summed E-state index contributed by atoms with van der Waals surface area (Å²) in [6.07, 6.45) is -0.250. The molecule has 0 unspecified atom stereocenters. The third kappa shape index (κ3) is 16.0. The zero-order chi connectivity index (χ0) is 90.2. The van der Waals surface area contributed by atoms with Crippen LogP contribution in [-0.2, 0) is 35.2 Å². The Morgan fingerprint density at radius 1 is 0.278 bits per heavy atom. The van der Waals surface area contributed by atoms with Gasteiger partial charge < -0.3 is 0 Å². The number of hydrogen-bond donors (Lipinski definition) is 0. The molecule has 0 saturated carbocycles. The van der Waals surface area contributed by atoms with Crippen LogP contribution in [0.4, 0.5) is 0 Å². The van der Waals surface area contributed by atoms with Crippen molar-refractivity contribution in [2.45, 2.75) is 96.6 Å². The molecule has 0 aliphatic carbocycles. The van der Waals surface area contributed by atoms with Crippen LogP contribution in [0.15, 0.2) is 188 Å². The number of aryl methyl sites for hydroxylation is 5. The van der Waals surface area contributed by atoms with E-state index in [9.17, 15) is 0 Å². The van der Waals surface area contributed by atoms with Crippen LogP contribution in [0.3, 0.4) is 0 Å². The molecule has 5 aromatic carbocycles. The molecule has 5 heteroatoms. The fraction of sp³-hybridized carbons (Fsp3) is 0.257. The average molecular weight is 1090 g/mol.